The summed E-state index contributed by atoms with van der Waals surface area (Å²) >= 11 is 7.07. The van der Waals surface area contributed by atoms with Crippen LogP contribution in [-0.4, -0.2) is 16.8 Å². The standard InChI is InChI=1S/C17H12ClN3O2S/c18-12-7-4-8-13(9-12)19-16(23)14-10-24-17(20-14)21-15(22)11-5-2-1-3-6-11/h1-10H,(H,19,23)(H,20,21,22). The van der Waals surface area contributed by atoms with Gasteiger partial charge in [0, 0.05) is 21.7 Å². The molecule has 3 aromatic rings. The molecule has 2 amide bonds. The highest BCUT2D eigenvalue weighted by molar-refractivity contribution is 7.14. The number of nitrogens with one attached hydrogen (secondary N) is 2. The van der Waals surface area contributed by atoms with Gasteiger partial charge in [-0.2, -0.15) is 0 Å². The normalized spacial score (nSPS) is 10.2. The Hall–Kier alpha value is -2.70. The van der Waals surface area contributed by atoms with E-state index in [1.54, 1.807) is 53.9 Å². The molecule has 3 rings (SSSR count). The Labute approximate surface area is 147 Å². The maximum atomic E-state index is 12.2. The number of rotatable bonds is 4. The number of carbonyl (C=O) groups excluding carboxylic acids is 2. The number of nitrogens with zero attached hydrogens (tertiary/aromatic N) is 1. The Morgan fingerprint density at radius 1 is 0.958 bits per heavy atom. The second kappa shape index (κ2) is 7.25. The second-order valence-electron chi connectivity index (χ2n) is 4.82. The fourth-order valence-electron chi connectivity index (χ4n) is 1.96. The van der Waals surface area contributed by atoms with Crippen molar-refractivity contribution in [3.05, 3.63) is 76.3 Å². The Morgan fingerprint density at radius 3 is 2.50 bits per heavy atom. The SMILES string of the molecule is O=C(Nc1nc(C(=O)Nc2cccc(Cl)c2)cs1)c1ccccc1. The van der Waals surface area contributed by atoms with Crippen LogP contribution in [0.25, 0.3) is 0 Å². The topological polar surface area (TPSA) is 71.1 Å². The molecule has 2 aromatic carbocycles. The third-order valence-electron chi connectivity index (χ3n) is 3.08. The van der Waals surface area contributed by atoms with Gasteiger partial charge < -0.3 is 5.32 Å². The first-order chi connectivity index (χ1) is 11.6. The van der Waals surface area contributed by atoms with Gasteiger partial charge in [0.2, 0.25) is 0 Å². The molecule has 0 bridgehead atoms. The molecular formula is C17H12ClN3O2S. The molecule has 0 saturated heterocycles. The molecule has 0 aliphatic rings. The smallest absolute Gasteiger partial charge is 0.275 e. The van der Waals surface area contributed by atoms with Gasteiger partial charge in [-0.1, -0.05) is 35.9 Å². The summed E-state index contributed by atoms with van der Waals surface area (Å²) in [6.45, 7) is 0. The van der Waals surface area contributed by atoms with Crippen LogP contribution in [0.4, 0.5) is 10.8 Å². The van der Waals surface area contributed by atoms with Gasteiger partial charge in [-0.25, -0.2) is 4.98 Å². The van der Waals surface area contributed by atoms with Gasteiger partial charge in [0.25, 0.3) is 11.8 Å². The van der Waals surface area contributed by atoms with Crippen LogP contribution in [0.3, 0.4) is 0 Å². The van der Waals surface area contributed by atoms with E-state index < -0.39 is 0 Å². The minimum atomic E-state index is -0.367. The van der Waals surface area contributed by atoms with Gasteiger partial charge in [-0.15, -0.1) is 11.3 Å². The van der Waals surface area contributed by atoms with E-state index in [0.29, 0.717) is 21.4 Å². The maximum absolute atomic E-state index is 12.2. The number of amides is 2. The third kappa shape index (κ3) is 3.98. The molecule has 0 fully saturated rings. The predicted molar refractivity (Wildman–Crippen MR) is 95.9 cm³/mol. The van der Waals surface area contributed by atoms with Crippen LogP contribution in [-0.2, 0) is 0 Å². The summed E-state index contributed by atoms with van der Waals surface area (Å²) in [5.41, 5.74) is 1.33. The molecule has 0 aliphatic heterocycles. The molecule has 0 spiro atoms. The van der Waals surface area contributed by atoms with E-state index >= 15 is 0 Å². The zero-order valence-corrected chi connectivity index (χ0v) is 13.9. The first-order valence-electron chi connectivity index (χ1n) is 7.00. The summed E-state index contributed by atoms with van der Waals surface area (Å²) in [6, 6.07) is 15.6. The molecule has 0 aliphatic carbocycles. The van der Waals surface area contributed by atoms with Crippen molar-refractivity contribution < 1.29 is 9.59 Å². The molecule has 7 heteroatoms. The van der Waals surface area contributed by atoms with E-state index in [1.165, 1.54) is 11.3 Å². The largest absolute Gasteiger partial charge is 0.321 e. The summed E-state index contributed by atoms with van der Waals surface area (Å²) in [5, 5.41) is 7.85. The van der Waals surface area contributed by atoms with Crippen molar-refractivity contribution in [2.24, 2.45) is 0 Å². The fraction of sp³-hybridized carbons (Fsp3) is 0. The van der Waals surface area contributed by atoms with Gasteiger partial charge in [-0.3, -0.25) is 14.9 Å². The van der Waals surface area contributed by atoms with Crippen molar-refractivity contribution in [3.63, 3.8) is 0 Å². The fourth-order valence-corrected chi connectivity index (χ4v) is 2.83. The molecule has 120 valence electrons. The second-order valence-corrected chi connectivity index (χ2v) is 6.12. The molecule has 5 nitrogen and oxygen atoms in total. The van der Waals surface area contributed by atoms with E-state index in [1.807, 2.05) is 6.07 Å². The van der Waals surface area contributed by atoms with E-state index in [0.717, 1.165) is 0 Å². The van der Waals surface area contributed by atoms with Crippen molar-refractivity contribution in [1.29, 1.82) is 0 Å². The zero-order chi connectivity index (χ0) is 16.9. The zero-order valence-electron chi connectivity index (χ0n) is 12.3. The van der Waals surface area contributed by atoms with Crippen LogP contribution in [0, 0.1) is 0 Å². The van der Waals surface area contributed by atoms with Gasteiger partial charge in [0.1, 0.15) is 5.69 Å². The minimum Gasteiger partial charge on any atom is -0.321 e. The lowest BCUT2D eigenvalue weighted by atomic mass is 10.2. The number of halogens is 1. The molecule has 0 radical (unpaired) electrons. The average molecular weight is 358 g/mol. The molecule has 1 heterocycles. The number of hydrogen-bond acceptors (Lipinski definition) is 4. The highest BCUT2D eigenvalue weighted by atomic mass is 35.5. The third-order valence-corrected chi connectivity index (χ3v) is 4.07. The lowest BCUT2D eigenvalue weighted by Crippen LogP contribution is -2.14. The summed E-state index contributed by atoms with van der Waals surface area (Å²) in [5.74, 6) is -0.638. The van der Waals surface area contributed by atoms with Gasteiger partial charge in [0.05, 0.1) is 0 Å². The molecule has 2 N–H and O–H groups in total. The van der Waals surface area contributed by atoms with Crippen LogP contribution < -0.4 is 10.6 Å². The summed E-state index contributed by atoms with van der Waals surface area (Å²) in [7, 11) is 0. The van der Waals surface area contributed by atoms with E-state index in [9.17, 15) is 9.59 Å². The van der Waals surface area contributed by atoms with Crippen molar-refractivity contribution in [2.45, 2.75) is 0 Å². The first-order valence-corrected chi connectivity index (χ1v) is 8.26. The lowest BCUT2D eigenvalue weighted by molar-refractivity contribution is 0.101. The average Bonchev–Trinajstić information content (AvgIpc) is 3.04. The monoisotopic (exact) mass is 357 g/mol. The van der Waals surface area contributed by atoms with Gasteiger partial charge in [-0.05, 0) is 30.3 Å². The Morgan fingerprint density at radius 2 is 1.75 bits per heavy atom. The number of benzene rings is 2. The predicted octanol–water partition coefficient (Wildman–Crippen LogP) is 4.30. The number of carbonyl (C=O) groups is 2. The van der Waals surface area contributed by atoms with Gasteiger partial charge >= 0.3 is 0 Å². The number of thiazole rings is 1. The van der Waals surface area contributed by atoms with Crippen molar-refractivity contribution >= 4 is 45.6 Å². The van der Waals surface area contributed by atoms with Crippen molar-refractivity contribution in [3.8, 4) is 0 Å². The van der Waals surface area contributed by atoms with E-state index in [2.05, 4.69) is 15.6 Å². The highest BCUT2D eigenvalue weighted by Gasteiger charge is 2.13. The highest BCUT2D eigenvalue weighted by Crippen LogP contribution is 2.19. The van der Waals surface area contributed by atoms with Crippen LogP contribution >= 0.6 is 22.9 Å². The lowest BCUT2D eigenvalue weighted by Gasteiger charge is -2.03. The first kappa shape index (κ1) is 16.2. The maximum Gasteiger partial charge on any atom is 0.275 e. The summed E-state index contributed by atoms with van der Waals surface area (Å²) < 4.78 is 0. The number of hydrogen-bond donors (Lipinski definition) is 2. The van der Waals surface area contributed by atoms with Crippen molar-refractivity contribution in [1.82, 2.24) is 4.98 Å². The Kier molecular flexibility index (Phi) is 4.88. The Bertz CT molecular complexity index is 880. The summed E-state index contributed by atoms with van der Waals surface area (Å²) in [4.78, 5) is 28.4. The van der Waals surface area contributed by atoms with Crippen LogP contribution in [0.15, 0.2) is 60.0 Å². The summed E-state index contributed by atoms with van der Waals surface area (Å²) in [6.07, 6.45) is 0. The molecule has 0 unspecified atom stereocenters. The number of anilines is 2. The number of aromatic nitrogens is 1. The molecule has 0 atom stereocenters. The van der Waals surface area contributed by atoms with Gasteiger partial charge in [0.15, 0.2) is 5.13 Å². The molecular weight excluding hydrogens is 346 g/mol. The minimum absolute atomic E-state index is 0.225. The molecule has 24 heavy (non-hydrogen) atoms. The Balaban J connectivity index is 1.67. The van der Waals surface area contributed by atoms with Crippen molar-refractivity contribution in [2.75, 3.05) is 10.6 Å². The van der Waals surface area contributed by atoms with Crippen LogP contribution in [0.5, 0.6) is 0 Å². The van der Waals surface area contributed by atoms with Crippen LogP contribution in [0.1, 0.15) is 20.8 Å². The molecule has 1 aromatic heterocycles. The van der Waals surface area contributed by atoms with Crippen LogP contribution in [0.2, 0.25) is 5.02 Å². The van der Waals surface area contributed by atoms with E-state index in [4.69, 9.17) is 11.6 Å². The van der Waals surface area contributed by atoms with E-state index in [-0.39, 0.29) is 17.5 Å². The molecule has 0 saturated carbocycles. The quantitative estimate of drug-likeness (QED) is 0.731.